The highest BCUT2D eigenvalue weighted by atomic mass is 16.6. The van der Waals surface area contributed by atoms with Gasteiger partial charge in [-0.1, -0.05) is 52.9 Å². The second-order valence-electron chi connectivity index (χ2n) is 11.1. The molecule has 0 aromatic carbocycles. The maximum Gasteiger partial charge on any atom is 0.408 e. The van der Waals surface area contributed by atoms with Crippen LogP contribution in [0.15, 0.2) is 0 Å². The molecule has 0 aromatic heterocycles. The summed E-state index contributed by atoms with van der Waals surface area (Å²) >= 11 is 0. The highest BCUT2D eigenvalue weighted by Crippen LogP contribution is 2.31. The molecule has 194 valence electrons. The molecule has 1 aliphatic heterocycles. The molecule has 2 rings (SSSR count). The molecule has 3 amide bonds. The monoisotopic (exact) mass is 481 g/mol. The Kier molecular flexibility index (Phi) is 10.2. The van der Waals surface area contributed by atoms with Crippen molar-refractivity contribution >= 4 is 23.9 Å². The van der Waals surface area contributed by atoms with Gasteiger partial charge in [0.25, 0.3) is 0 Å². The number of carbonyl (C=O) groups excluding carboxylic acids is 4. The van der Waals surface area contributed by atoms with E-state index < -0.39 is 23.6 Å². The fourth-order valence-corrected chi connectivity index (χ4v) is 4.59. The van der Waals surface area contributed by atoms with Gasteiger partial charge in [-0.3, -0.25) is 14.4 Å². The van der Waals surface area contributed by atoms with Gasteiger partial charge >= 0.3 is 12.1 Å². The van der Waals surface area contributed by atoms with Crippen molar-refractivity contribution < 1.29 is 28.7 Å². The third-order valence-corrected chi connectivity index (χ3v) is 6.40. The van der Waals surface area contributed by atoms with Gasteiger partial charge in [-0.05, 0) is 45.4 Å². The number of esters is 1. The average molecular weight is 482 g/mol. The minimum Gasteiger partial charge on any atom is -0.460 e. The standard InChI is InChI=1S/C25H43N3O6/c1-15(2)21(28-20(29)14-26-24(32)34-25(4,5)6)22(30)27-18(13-17-10-8-7-9-11-17)19-12-16(3)23(31)33-19/h15-19,21H,7-14H2,1-6H3,(H,26,32)(H,27,30)(H,28,29)/t16-,18+,19+,21+/m1/s1. The second kappa shape index (κ2) is 12.4. The van der Waals surface area contributed by atoms with E-state index in [0.717, 1.165) is 19.3 Å². The lowest BCUT2D eigenvalue weighted by molar-refractivity contribution is -0.146. The number of hydrogen-bond acceptors (Lipinski definition) is 6. The van der Waals surface area contributed by atoms with Gasteiger partial charge in [-0.15, -0.1) is 0 Å². The lowest BCUT2D eigenvalue weighted by Crippen LogP contribution is -2.56. The van der Waals surface area contributed by atoms with Crippen molar-refractivity contribution in [3.8, 4) is 0 Å². The van der Waals surface area contributed by atoms with E-state index in [-0.39, 0.29) is 42.4 Å². The number of cyclic esters (lactones) is 1. The molecule has 1 aliphatic carbocycles. The Morgan fingerprint density at radius 2 is 1.74 bits per heavy atom. The Hall–Kier alpha value is -2.32. The molecule has 1 saturated heterocycles. The fourth-order valence-electron chi connectivity index (χ4n) is 4.59. The largest absolute Gasteiger partial charge is 0.460 e. The first-order valence-electron chi connectivity index (χ1n) is 12.6. The number of ether oxygens (including phenoxy) is 2. The van der Waals surface area contributed by atoms with E-state index in [1.807, 2.05) is 20.8 Å². The first-order valence-corrected chi connectivity index (χ1v) is 12.6. The third-order valence-electron chi connectivity index (χ3n) is 6.40. The summed E-state index contributed by atoms with van der Waals surface area (Å²) in [5, 5.41) is 8.22. The molecule has 1 heterocycles. The van der Waals surface area contributed by atoms with Crippen LogP contribution in [-0.2, 0) is 23.9 Å². The highest BCUT2D eigenvalue weighted by molar-refractivity contribution is 5.89. The molecule has 1 saturated carbocycles. The summed E-state index contributed by atoms with van der Waals surface area (Å²) in [7, 11) is 0. The van der Waals surface area contributed by atoms with Crippen LogP contribution in [0.4, 0.5) is 4.79 Å². The molecule has 2 aliphatic rings. The van der Waals surface area contributed by atoms with Crippen LogP contribution in [0.5, 0.6) is 0 Å². The number of nitrogens with one attached hydrogen (secondary N) is 3. The van der Waals surface area contributed by atoms with Crippen molar-refractivity contribution in [2.75, 3.05) is 6.54 Å². The van der Waals surface area contributed by atoms with Crippen molar-refractivity contribution in [2.24, 2.45) is 17.8 Å². The smallest absolute Gasteiger partial charge is 0.408 e. The molecule has 0 radical (unpaired) electrons. The molecule has 4 atom stereocenters. The van der Waals surface area contributed by atoms with Gasteiger partial charge in [0.2, 0.25) is 11.8 Å². The molecular weight excluding hydrogens is 438 g/mol. The molecule has 2 fully saturated rings. The summed E-state index contributed by atoms with van der Waals surface area (Å²) in [4.78, 5) is 49.5. The number of amides is 3. The first-order chi connectivity index (χ1) is 15.9. The van der Waals surface area contributed by atoms with Gasteiger partial charge < -0.3 is 25.4 Å². The van der Waals surface area contributed by atoms with Crippen molar-refractivity contribution in [2.45, 2.75) is 110 Å². The molecule has 9 heteroatoms. The van der Waals surface area contributed by atoms with Crippen LogP contribution in [0.2, 0.25) is 0 Å². The zero-order valence-corrected chi connectivity index (χ0v) is 21.6. The summed E-state index contributed by atoms with van der Waals surface area (Å²) in [6.45, 7) is 10.4. The summed E-state index contributed by atoms with van der Waals surface area (Å²) in [5.41, 5.74) is -0.671. The van der Waals surface area contributed by atoms with Crippen LogP contribution in [0.3, 0.4) is 0 Å². The summed E-state index contributed by atoms with van der Waals surface area (Å²) in [6.07, 6.45) is 6.12. The Labute approximate surface area is 203 Å². The normalized spacial score (nSPS) is 23.1. The van der Waals surface area contributed by atoms with E-state index in [1.54, 1.807) is 20.8 Å². The van der Waals surface area contributed by atoms with Crippen LogP contribution in [0, 0.1) is 17.8 Å². The summed E-state index contributed by atoms with van der Waals surface area (Å²) in [6, 6.07) is -1.07. The van der Waals surface area contributed by atoms with E-state index in [2.05, 4.69) is 16.0 Å². The average Bonchev–Trinajstić information content (AvgIpc) is 3.07. The summed E-state index contributed by atoms with van der Waals surface area (Å²) < 4.78 is 10.7. The molecule has 3 N–H and O–H groups in total. The SMILES string of the molecule is CC(C)[C@H](NC(=O)CNC(=O)OC(C)(C)C)C(=O)N[C@@H](CC1CCCCC1)[C@@H]1C[C@@H](C)C(=O)O1. The quantitative estimate of drug-likeness (QED) is 0.435. The van der Waals surface area contributed by atoms with Crippen LogP contribution >= 0.6 is 0 Å². The number of hydrogen-bond donors (Lipinski definition) is 3. The predicted octanol–water partition coefficient (Wildman–Crippen LogP) is 3.06. The maximum atomic E-state index is 13.2. The van der Waals surface area contributed by atoms with E-state index in [9.17, 15) is 19.2 Å². The van der Waals surface area contributed by atoms with Gasteiger partial charge in [0.1, 0.15) is 24.3 Å². The molecular formula is C25H43N3O6. The van der Waals surface area contributed by atoms with Crippen LogP contribution < -0.4 is 16.0 Å². The van der Waals surface area contributed by atoms with Gasteiger partial charge in [0.05, 0.1) is 12.0 Å². The van der Waals surface area contributed by atoms with Crippen LogP contribution in [0.25, 0.3) is 0 Å². The van der Waals surface area contributed by atoms with Crippen LogP contribution in [-0.4, -0.2) is 54.2 Å². The van der Waals surface area contributed by atoms with Gasteiger partial charge in [0, 0.05) is 0 Å². The van der Waals surface area contributed by atoms with Gasteiger partial charge in [-0.2, -0.15) is 0 Å². The Morgan fingerprint density at radius 1 is 1.09 bits per heavy atom. The Morgan fingerprint density at radius 3 is 2.26 bits per heavy atom. The predicted molar refractivity (Wildman–Crippen MR) is 128 cm³/mol. The van der Waals surface area contributed by atoms with Gasteiger partial charge in [0.15, 0.2) is 0 Å². The van der Waals surface area contributed by atoms with Crippen molar-refractivity contribution in [3.05, 3.63) is 0 Å². The van der Waals surface area contributed by atoms with Crippen molar-refractivity contribution in [1.29, 1.82) is 0 Å². The van der Waals surface area contributed by atoms with E-state index in [0.29, 0.717) is 12.3 Å². The van der Waals surface area contributed by atoms with E-state index in [4.69, 9.17) is 9.47 Å². The molecule has 0 aromatic rings. The number of rotatable bonds is 9. The molecule has 9 nitrogen and oxygen atoms in total. The molecule has 0 unspecified atom stereocenters. The third kappa shape index (κ3) is 9.14. The van der Waals surface area contributed by atoms with Crippen LogP contribution in [0.1, 0.15) is 86.5 Å². The zero-order chi connectivity index (χ0) is 25.5. The fraction of sp³-hybridized carbons (Fsp3) is 0.840. The van der Waals surface area contributed by atoms with Crippen molar-refractivity contribution in [1.82, 2.24) is 16.0 Å². The van der Waals surface area contributed by atoms with E-state index >= 15 is 0 Å². The highest BCUT2D eigenvalue weighted by Gasteiger charge is 2.39. The minimum absolute atomic E-state index is 0.175. The zero-order valence-electron chi connectivity index (χ0n) is 21.6. The van der Waals surface area contributed by atoms with Gasteiger partial charge in [-0.25, -0.2) is 4.79 Å². The second-order valence-corrected chi connectivity index (χ2v) is 11.1. The molecule has 0 bridgehead atoms. The Balaban J connectivity index is 1.99. The number of alkyl carbamates (subject to hydrolysis) is 1. The Bertz CT molecular complexity index is 727. The lowest BCUT2D eigenvalue weighted by Gasteiger charge is -2.32. The van der Waals surface area contributed by atoms with E-state index in [1.165, 1.54) is 19.3 Å². The minimum atomic E-state index is -0.781. The van der Waals surface area contributed by atoms with Crippen molar-refractivity contribution in [3.63, 3.8) is 0 Å². The first kappa shape index (κ1) is 27.9. The summed E-state index contributed by atoms with van der Waals surface area (Å²) in [5.74, 6) is -0.892. The lowest BCUT2D eigenvalue weighted by atomic mass is 9.83. The molecule has 34 heavy (non-hydrogen) atoms. The molecule has 0 spiro atoms. The number of carbonyl (C=O) groups is 4. The topological polar surface area (TPSA) is 123 Å². The maximum absolute atomic E-state index is 13.2.